The van der Waals surface area contributed by atoms with Crippen LogP contribution in [-0.2, 0) is 0 Å². The van der Waals surface area contributed by atoms with Gasteiger partial charge in [-0.15, -0.1) is 0 Å². The molecule has 0 aliphatic carbocycles. The Morgan fingerprint density at radius 3 is 2.19 bits per heavy atom. The van der Waals surface area contributed by atoms with Crippen molar-refractivity contribution in [1.82, 2.24) is 0 Å². The molecule has 0 radical (unpaired) electrons. The van der Waals surface area contributed by atoms with Gasteiger partial charge in [0.15, 0.2) is 0 Å². The largest absolute Gasteiger partial charge is 0.0985 e. The number of hydrogen-bond acceptors (Lipinski definition) is 0. The highest BCUT2D eigenvalue weighted by Gasteiger charge is 2.06. The van der Waals surface area contributed by atoms with E-state index in [0.717, 1.165) is 27.8 Å². The quantitative estimate of drug-likeness (QED) is 0.400. The minimum Gasteiger partial charge on any atom is -0.0985 e. The van der Waals surface area contributed by atoms with Crippen LogP contribution in [0.15, 0.2) is 111 Å². The van der Waals surface area contributed by atoms with Crippen molar-refractivity contribution in [2.24, 2.45) is 0 Å². The Morgan fingerprint density at radius 1 is 0.778 bits per heavy atom. The number of hydrogen-bond donors (Lipinski definition) is 0. The van der Waals surface area contributed by atoms with Crippen LogP contribution in [0.5, 0.6) is 0 Å². The molecule has 0 nitrogen and oxygen atoms in total. The molecule has 0 fully saturated rings. The second kappa shape index (κ2) is 8.33. The molecule has 3 aromatic carbocycles. The first-order valence-corrected chi connectivity index (χ1v) is 9.08. The molecule has 3 rings (SSSR count). The maximum atomic E-state index is 4.22. The molecule has 3 aromatic rings. The Hall–Kier alpha value is -3.38. The Bertz CT molecular complexity index is 1060. The van der Waals surface area contributed by atoms with Crippen LogP contribution in [0.3, 0.4) is 0 Å². The van der Waals surface area contributed by atoms with E-state index in [4.69, 9.17) is 0 Å². The van der Waals surface area contributed by atoms with E-state index in [9.17, 15) is 0 Å². The Kier molecular flexibility index (Phi) is 5.68. The maximum Gasteiger partial charge on any atom is -0.0105 e. The third-order valence-electron chi connectivity index (χ3n) is 4.75. The van der Waals surface area contributed by atoms with Crippen LogP contribution in [0.2, 0.25) is 0 Å². The van der Waals surface area contributed by atoms with Crippen LogP contribution >= 0.6 is 0 Å². The molecule has 0 N–H and O–H groups in total. The summed E-state index contributed by atoms with van der Waals surface area (Å²) in [5, 5.41) is 2.42. The van der Waals surface area contributed by atoms with Crippen molar-refractivity contribution < 1.29 is 0 Å². The zero-order chi connectivity index (χ0) is 19.2. The molecule has 0 saturated heterocycles. The van der Waals surface area contributed by atoms with E-state index < -0.39 is 0 Å². The molecule has 0 aliphatic rings. The van der Waals surface area contributed by atoms with Gasteiger partial charge in [0.1, 0.15) is 0 Å². The van der Waals surface area contributed by atoms with Gasteiger partial charge in [0.25, 0.3) is 0 Å². The molecular formula is C27H24. The third-order valence-corrected chi connectivity index (χ3v) is 4.75. The van der Waals surface area contributed by atoms with Gasteiger partial charge in [0.2, 0.25) is 0 Å². The van der Waals surface area contributed by atoms with Gasteiger partial charge in [-0.3, -0.25) is 0 Å². The number of allylic oxidation sites excluding steroid dienone is 7. The summed E-state index contributed by atoms with van der Waals surface area (Å²) in [4.78, 5) is 0. The molecule has 0 heterocycles. The van der Waals surface area contributed by atoms with Gasteiger partial charge in [0, 0.05) is 0 Å². The molecule has 0 saturated carbocycles. The molecule has 0 amide bonds. The zero-order valence-corrected chi connectivity index (χ0v) is 15.8. The summed E-state index contributed by atoms with van der Waals surface area (Å²) in [5.74, 6) is 0. The summed E-state index contributed by atoms with van der Waals surface area (Å²) >= 11 is 0. The monoisotopic (exact) mass is 348 g/mol. The summed E-state index contributed by atoms with van der Waals surface area (Å²) in [6.45, 7) is 14.2. The molecule has 0 heteroatoms. The fourth-order valence-electron chi connectivity index (χ4n) is 3.28. The lowest BCUT2D eigenvalue weighted by atomic mass is 9.94. The molecule has 0 atom stereocenters. The lowest BCUT2D eigenvalue weighted by Crippen LogP contribution is -1.88. The van der Waals surface area contributed by atoms with Gasteiger partial charge in [0.05, 0.1) is 0 Å². The molecule has 132 valence electrons. The first-order chi connectivity index (χ1) is 13.2. The lowest BCUT2D eigenvalue weighted by Gasteiger charge is -2.11. The average molecular weight is 348 g/mol. The predicted molar refractivity (Wildman–Crippen MR) is 121 cm³/mol. The smallest absolute Gasteiger partial charge is 0.0105 e. The van der Waals surface area contributed by atoms with E-state index in [0.29, 0.717) is 0 Å². The van der Waals surface area contributed by atoms with E-state index in [1.807, 2.05) is 37.3 Å². The Balaban J connectivity index is 2.06. The van der Waals surface area contributed by atoms with Crippen LogP contribution in [0.25, 0.3) is 27.5 Å². The van der Waals surface area contributed by atoms with Crippen molar-refractivity contribution in [3.63, 3.8) is 0 Å². The Morgan fingerprint density at radius 2 is 1.52 bits per heavy atom. The van der Waals surface area contributed by atoms with Crippen LogP contribution < -0.4 is 0 Å². The minimum atomic E-state index is 0.974. The summed E-state index contributed by atoms with van der Waals surface area (Å²) < 4.78 is 0. The van der Waals surface area contributed by atoms with Crippen molar-refractivity contribution in [3.8, 4) is 0 Å². The van der Waals surface area contributed by atoms with Gasteiger partial charge >= 0.3 is 0 Å². The maximum absolute atomic E-state index is 4.22. The standard InChI is InChI=1S/C27H24/c1-5-21(6-2)26-15-11-14-25-19-24(16-17-27(25)26)22(7-3)18-20(4)23-12-9-8-10-13-23/h5-19H,1,3-4H2,2H3/b21-6+,22-18+. The van der Waals surface area contributed by atoms with Crippen molar-refractivity contribution in [2.75, 3.05) is 0 Å². The van der Waals surface area contributed by atoms with Crippen LogP contribution in [-0.4, -0.2) is 0 Å². The van der Waals surface area contributed by atoms with E-state index >= 15 is 0 Å². The van der Waals surface area contributed by atoms with Gasteiger partial charge < -0.3 is 0 Å². The van der Waals surface area contributed by atoms with Crippen LogP contribution in [0.4, 0.5) is 0 Å². The number of rotatable bonds is 6. The highest BCUT2D eigenvalue weighted by atomic mass is 14.1. The molecule has 0 bridgehead atoms. The van der Waals surface area contributed by atoms with Crippen molar-refractivity contribution in [2.45, 2.75) is 6.92 Å². The van der Waals surface area contributed by atoms with Gasteiger partial charge in [-0.1, -0.05) is 98.6 Å². The topological polar surface area (TPSA) is 0 Å². The fraction of sp³-hybridized carbons (Fsp3) is 0.0370. The SMILES string of the molecule is C=C/C(=C\C(=C)c1ccccc1)c1ccc2c(/C(C=C)=C/C)cccc2c1. The average Bonchev–Trinajstić information content (AvgIpc) is 2.73. The van der Waals surface area contributed by atoms with Gasteiger partial charge in [-0.25, -0.2) is 0 Å². The van der Waals surface area contributed by atoms with Gasteiger partial charge in [-0.05, 0) is 63.2 Å². The third kappa shape index (κ3) is 3.91. The second-order valence-corrected chi connectivity index (χ2v) is 6.38. The highest BCUT2D eigenvalue weighted by molar-refractivity contribution is 5.98. The Labute approximate surface area is 162 Å². The number of fused-ring (bicyclic) bond motifs is 1. The molecule has 0 spiro atoms. The second-order valence-electron chi connectivity index (χ2n) is 6.38. The summed E-state index contributed by atoms with van der Waals surface area (Å²) in [6, 6.07) is 23.1. The van der Waals surface area contributed by atoms with E-state index in [1.165, 1.54) is 16.3 Å². The summed E-state index contributed by atoms with van der Waals surface area (Å²) in [6.07, 6.45) is 7.98. The van der Waals surface area contributed by atoms with Crippen molar-refractivity contribution in [3.05, 3.63) is 127 Å². The van der Waals surface area contributed by atoms with E-state index in [1.54, 1.807) is 0 Å². The molecular weight excluding hydrogens is 324 g/mol. The molecule has 0 aromatic heterocycles. The van der Waals surface area contributed by atoms with Crippen LogP contribution in [0.1, 0.15) is 23.6 Å². The molecule has 27 heavy (non-hydrogen) atoms. The first kappa shape index (κ1) is 18.4. The molecule has 0 unspecified atom stereocenters. The lowest BCUT2D eigenvalue weighted by molar-refractivity contribution is 1.61. The summed E-state index contributed by atoms with van der Waals surface area (Å²) in [5.41, 5.74) is 6.63. The normalized spacial score (nSPS) is 12.0. The predicted octanol–water partition coefficient (Wildman–Crippen LogP) is 7.71. The van der Waals surface area contributed by atoms with Crippen LogP contribution in [0, 0.1) is 0 Å². The van der Waals surface area contributed by atoms with Crippen molar-refractivity contribution >= 4 is 27.5 Å². The fourth-order valence-corrected chi connectivity index (χ4v) is 3.28. The van der Waals surface area contributed by atoms with Crippen molar-refractivity contribution in [1.29, 1.82) is 0 Å². The van der Waals surface area contributed by atoms with E-state index in [-0.39, 0.29) is 0 Å². The highest BCUT2D eigenvalue weighted by Crippen LogP contribution is 2.30. The van der Waals surface area contributed by atoms with Gasteiger partial charge in [-0.2, -0.15) is 0 Å². The van der Waals surface area contributed by atoms with E-state index in [2.05, 4.69) is 80.4 Å². The first-order valence-electron chi connectivity index (χ1n) is 9.08. The number of benzene rings is 3. The minimum absolute atomic E-state index is 0.974. The zero-order valence-electron chi connectivity index (χ0n) is 15.8. The summed E-state index contributed by atoms with van der Waals surface area (Å²) in [7, 11) is 0. The molecule has 0 aliphatic heterocycles.